The van der Waals surface area contributed by atoms with Crippen molar-refractivity contribution in [3.05, 3.63) is 35.2 Å². The molecule has 1 heterocycles. The summed E-state index contributed by atoms with van der Waals surface area (Å²) in [4.78, 5) is 0. The van der Waals surface area contributed by atoms with Crippen molar-refractivity contribution in [2.75, 3.05) is 0 Å². The number of benzene rings is 1. The van der Waals surface area contributed by atoms with E-state index in [4.69, 9.17) is 0 Å². The summed E-state index contributed by atoms with van der Waals surface area (Å²) in [5.74, 6) is 1.98. The van der Waals surface area contributed by atoms with Crippen molar-refractivity contribution in [2.45, 2.75) is 38.3 Å². The molecular formula is C16H19NS. The van der Waals surface area contributed by atoms with Gasteiger partial charge in [-0.05, 0) is 59.9 Å². The van der Waals surface area contributed by atoms with Crippen molar-refractivity contribution in [3.8, 4) is 0 Å². The van der Waals surface area contributed by atoms with Gasteiger partial charge in [0.25, 0.3) is 0 Å². The van der Waals surface area contributed by atoms with Crippen LogP contribution in [0, 0.1) is 11.8 Å². The zero-order valence-corrected chi connectivity index (χ0v) is 11.4. The standard InChI is InChI=1S/C16H19NS/c1-2-4-15-14(3-1)13(10-18-15)9-17-16(11-5-6-11)12-7-8-12/h1-4,10-12,16-17H,5-9H2. The van der Waals surface area contributed by atoms with Gasteiger partial charge >= 0.3 is 0 Å². The monoisotopic (exact) mass is 257 g/mol. The molecule has 4 rings (SSSR count). The molecule has 2 aromatic rings. The van der Waals surface area contributed by atoms with Gasteiger partial charge in [0.2, 0.25) is 0 Å². The van der Waals surface area contributed by atoms with E-state index >= 15 is 0 Å². The Hall–Kier alpha value is -0.860. The molecule has 0 spiro atoms. The minimum atomic E-state index is 0.809. The van der Waals surface area contributed by atoms with Crippen molar-refractivity contribution in [3.63, 3.8) is 0 Å². The maximum Gasteiger partial charge on any atom is 0.0346 e. The third-order valence-corrected chi connectivity index (χ3v) is 5.36. The number of thiophene rings is 1. The molecule has 1 aromatic carbocycles. The van der Waals surface area contributed by atoms with E-state index in [2.05, 4.69) is 35.0 Å². The maximum absolute atomic E-state index is 3.84. The largest absolute Gasteiger partial charge is 0.309 e. The summed E-state index contributed by atoms with van der Waals surface area (Å²) in [7, 11) is 0. The Balaban J connectivity index is 1.50. The molecule has 18 heavy (non-hydrogen) atoms. The van der Waals surface area contributed by atoms with E-state index in [0.717, 1.165) is 24.4 Å². The highest BCUT2D eigenvalue weighted by molar-refractivity contribution is 7.17. The summed E-state index contributed by atoms with van der Waals surface area (Å²) in [5.41, 5.74) is 1.49. The molecule has 0 radical (unpaired) electrons. The lowest BCUT2D eigenvalue weighted by molar-refractivity contribution is 0.416. The lowest BCUT2D eigenvalue weighted by Gasteiger charge is -2.17. The highest BCUT2D eigenvalue weighted by atomic mass is 32.1. The number of hydrogen-bond acceptors (Lipinski definition) is 2. The number of hydrogen-bond donors (Lipinski definition) is 1. The Morgan fingerprint density at radius 3 is 2.56 bits per heavy atom. The average molecular weight is 257 g/mol. The van der Waals surface area contributed by atoms with Gasteiger partial charge in [0.1, 0.15) is 0 Å². The van der Waals surface area contributed by atoms with Crippen LogP contribution < -0.4 is 5.32 Å². The fraction of sp³-hybridized carbons (Fsp3) is 0.500. The first-order valence-corrected chi connectivity index (χ1v) is 7.98. The van der Waals surface area contributed by atoms with Crippen molar-refractivity contribution in [1.29, 1.82) is 0 Å². The molecule has 0 saturated heterocycles. The van der Waals surface area contributed by atoms with E-state index in [0.29, 0.717) is 0 Å². The molecule has 1 aromatic heterocycles. The Bertz CT molecular complexity index is 539. The Kier molecular flexibility index (Phi) is 2.66. The van der Waals surface area contributed by atoms with Gasteiger partial charge in [-0.15, -0.1) is 11.3 Å². The maximum atomic E-state index is 3.84. The first-order chi connectivity index (χ1) is 8.92. The van der Waals surface area contributed by atoms with Gasteiger partial charge in [0, 0.05) is 17.3 Å². The van der Waals surface area contributed by atoms with Gasteiger partial charge in [0.15, 0.2) is 0 Å². The summed E-state index contributed by atoms with van der Waals surface area (Å²) in [6, 6.07) is 9.57. The van der Waals surface area contributed by atoms with Crippen LogP contribution in [0.2, 0.25) is 0 Å². The lowest BCUT2D eigenvalue weighted by Crippen LogP contribution is -2.32. The fourth-order valence-electron chi connectivity index (χ4n) is 3.03. The Labute approximate surface area is 112 Å². The molecule has 0 aliphatic heterocycles. The number of rotatable bonds is 5. The van der Waals surface area contributed by atoms with E-state index in [1.54, 1.807) is 0 Å². The quantitative estimate of drug-likeness (QED) is 0.847. The molecule has 2 fully saturated rings. The zero-order chi connectivity index (χ0) is 11.9. The molecule has 0 bridgehead atoms. The van der Waals surface area contributed by atoms with E-state index < -0.39 is 0 Å². The van der Waals surface area contributed by atoms with Gasteiger partial charge in [-0.3, -0.25) is 0 Å². The number of nitrogens with one attached hydrogen (secondary N) is 1. The molecule has 2 heteroatoms. The second kappa shape index (κ2) is 4.36. The summed E-state index contributed by atoms with van der Waals surface area (Å²) in [6.07, 6.45) is 5.83. The van der Waals surface area contributed by atoms with Crippen LogP contribution in [-0.4, -0.2) is 6.04 Å². The first kappa shape index (κ1) is 11.0. The Morgan fingerprint density at radius 2 is 1.83 bits per heavy atom. The first-order valence-electron chi connectivity index (χ1n) is 7.10. The minimum absolute atomic E-state index is 0.809. The molecule has 0 unspecified atom stereocenters. The van der Waals surface area contributed by atoms with E-state index in [1.807, 2.05) is 11.3 Å². The third-order valence-electron chi connectivity index (χ3n) is 4.35. The number of fused-ring (bicyclic) bond motifs is 1. The average Bonchev–Trinajstić information content (AvgIpc) is 3.29. The molecule has 2 saturated carbocycles. The van der Waals surface area contributed by atoms with Crippen molar-refractivity contribution in [1.82, 2.24) is 5.32 Å². The predicted molar refractivity (Wildman–Crippen MR) is 77.9 cm³/mol. The minimum Gasteiger partial charge on any atom is -0.309 e. The summed E-state index contributed by atoms with van der Waals surface area (Å²) < 4.78 is 1.42. The molecule has 1 nitrogen and oxygen atoms in total. The van der Waals surface area contributed by atoms with Gasteiger partial charge in [-0.2, -0.15) is 0 Å². The van der Waals surface area contributed by atoms with Crippen LogP contribution in [0.15, 0.2) is 29.6 Å². The normalized spacial score (nSPS) is 19.8. The van der Waals surface area contributed by atoms with Crippen molar-refractivity contribution < 1.29 is 0 Å². The van der Waals surface area contributed by atoms with Crippen LogP contribution in [0.5, 0.6) is 0 Å². The van der Waals surface area contributed by atoms with Crippen LogP contribution in [0.4, 0.5) is 0 Å². The smallest absolute Gasteiger partial charge is 0.0346 e. The predicted octanol–water partition coefficient (Wildman–Crippen LogP) is 4.18. The highest BCUT2D eigenvalue weighted by Gasteiger charge is 2.40. The topological polar surface area (TPSA) is 12.0 Å². The van der Waals surface area contributed by atoms with Crippen molar-refractivity contribution in [2.24, 2.45) is 11.8 Å². The fourth-order valence-corrected chi connectivity index (χ4v) is 3.99. The SMILES string of the molecule is c1ccc2c(CNC(C3CC3)C3CC3)csc2c1. The van der Waals surface area contributed by atoms with Crippen LogP contribution in [0.25, 0.3) is 10.1 Å². The summed E-state index contributed by atoms with van der Waals surface area (Å²) in [6.45, 7) is 1.06. The van der Waals surface area contributed by atoms with Crippen molar-refractivity contribution >= 4 is 21.4 Å². The van der Waals surface area contributed by atoms with E-state index in [9.17, 15) is 0 Å². The molecule has 0 amide bonds. The second-order valence-electron chi connectivity index (χ2n) is 5.84. The van der Waals surface area contributed by atoms with Crippen LogP contribution >= 0.6 is 11.3 Å². The van der Waals surface area contributed by atoms with E-state index in [-0.39, 0.29) is 0 Å². The third kappa shape index (κ3) is 2.08. The van der Waals surface area contributed by atoms with Crippen LogP contribution in [0.1, 0.15) is 31.2 Å². The molecule has 94 valence electrons. The molecule has 2 aliphatic rings. The van der Waals surface area contributed by atoms with Crippen LogP contribution in [0.3, 0.4) is 0 Å². The Morgan fingerprint density at radius 1 is 1.11 bits per heavy atom. The highest BCUT2D eigenvalue weighted by Crippen LogP contribution is 2.44. The van der Waals surface area contributed by atoms with E-state index in [1.165, 1.54) is 41.3 Å². The molecule has 1 N–H and O–H groups in total. The van der Waals surface area contributed by atoms with Gasteiger partial charge < -0.3 is 5.32 Å². The van der Waals surface area contributed by atoms with Gasteiger partial charge in [0.05, 0.1) is 0 Å². The molecular weight excluding hydrogens is 238 g/mol. The van der Waals surface area contributed by atoms with Gasteiger partial charge in [-0.25, -0.2) is 0 Å². The molecule has 0 atom stereocenters. The lowest BCUT2D eigenvalue weighted by atomic mass is 10.1. The second-order valence-corrected chi connectivity index (χ2v) is 6.75. The molecule has 2 aliphatic carbocycles. The summed E-state index contributed by atoms with van der Waals surface area (Å²) in [5, 5.41) is 7.62. The van der Waals surface area contributed by atoms with Crippen LogP contribution in [-0.2, 0) is 6.54 Å². The van der Waals surface area contributed by atoms with Gasteiger partial charge in [-0.1, -0.05) is 18.2 Å². The zero-order valence-electron chi connectivity index (χ0n) is 10.6. The summed E-state index contributed by atoms with van der Waals surface area (Å²) >= 11 is 1.87.